The molecular formula is C15H21FOS. The lowest BCUT2D eigenvalue weighted by molar-refractivity contribution is 0.198. The Labute approximate surface area is 113 Å². The Morgan fingerprint density at radius 3 is 2.61 bits per heavy atom. The zero-order chi connectivity index (χ0) is 13.1. The van der Waals surface area contributed by atoms with Gasteiger partial charge in [-0.25, -0.2) is 4.39 Å². The van der Waals surface area contributed by atoms with Gasteiger partial charge < -0.3 is 5.11 Å². The van der Waals surface area contributed by atoms with E-state index < -0.39 is 6.10 Å². The summed E-state index contributed by atoms with van der Waals surface area (Å²) in [5.74, 6) is 0.331. The Hall–Kier alpha value is -0.540. The van der Waals surface area contributed by atoms with Crippen LogP contribution in [0.15, 0.2) is 12.1 Å². The van der Waals surface area contributed by atoms with E-state index in [9.17, 15) is 9.50 Å². The van der Waals surface area contributed by atoms with E-state index in [0.717, 1.165) is 11.1 Å². The van der Waals surface area contributed by atoms with E-state index in [-0.39, 0.29) is 5.82 Å². The maximum absolute atomic E-state index is 13.9. The SMILES string of the molecule is Cc1cc(C)c(C(O)CSC2CCCC2)c(F)c1. The first kappa shape index (κ1) is 13.9. The van der Waals surface area contributed by atoms with Crippen molar-refractivity contribution in [1.29, 1.82) is 0 Å². The Kier molecular flexibility index (Phi) is 4.68. The third-order valence-electron chi connectivity index (χ3n) is 3.61. The van der Waals surface area contributed by atoms with E-state index in [1.54, 1.807) is 11.8 Å². The number of benzene rings is 1. The fourth-order valence-corrected chi connectivity index (χ4v) is 4.00. The van der Waals surface area contributed by atoms with E-state index in [1.807, 2.05) is 19.9 Å². The Bertz CT molecular complexity index is 390. The zero-order valence-corrected chi connectivity index (χ0v) is 11.9. The molecule has 0 radical (unpaired) electrons. The minimum absolute atomic E-state index is 0.271. The van der Waals surface area contributed by atoms with Gasteiger partial charge in [0.05, 0.1) is 6.10 Å². The van der Waals surface area contributed by atoms with Crippen molar-refractivity contribution in [1.82, 2.24) is 0 Å². The summed E-state index contributed by atoms with van der Waals surface area (Å²) in [7, 11) is 0. The summed E-state index contributed by atoms with van der Waals surface area (Å²) in [6.07, 6.45) is 4.40. The van der Waals surface area contributed by atoms with Crippen LogP contribution in [0.25, 0.3) is 0 Å². The van der Waals surface area contributed by atoms with Crippen molar-refractivity contribution in [3.8, 4) is 0 Å². The molecular weight excluding hydrogens is 247 g/mol. The number of rotatable bonds is 4. The lowest BCUT2D eigenvalue weighted by Gasteiger charge is -2.17. The van der Waals surface area contributed by atoms with E-state index in [1.165, 1.54) is 31.7 Å². The number of aliphatic hydroxyl groups excluding tert-OH is 1. The van der Waals surface area contributed by atoms with Crippen molar-refractivity contribution in [2.75, 3.05) is 5.75 Å². The van der Waals surface area contributed by atoms with Crippen LogP contribution in [0.1, 0.15) is 48.5 Å². The lowest BCUT2D eigenvalue weighted by atomic mass is 10.0. The highest BCUT2D eigenvalue weighted by Crippen LogP contribution is 2.33. The molecule has 0 bridgehead atoms. The monoisotopic (exact) mass is 268 g/mol. The van der Waals surface area contributed by atoms with Crippen molar-refractivity contribution in [3.05, 3.63) is 34.6 Å². The molecule has 1 aromatic rings. The summed E-state index contributed by atoms with van der Waals surface area (Å²) >= 11 is 1.79. The van der Waals surface area contributed by atoms with Crippen LogP contribution >= 0.6 is 11.8 Å². The van der Waals surface area contributed by atoms with Gasteiger partial charge >= 0.3 is 0 Å². The van der Waals surface area contributed by atoms with Gasteiger partial charge in [-0.05, 0) is 43.9 Å². The highest BCUT2D eigenvalue weighted by molar-refractivity contribution is 7.99. The van der Waals surface area contributed by atoms with Gasteiger partial charge in [0, 0.05) is 16.6 Å². The van der Waals surface area contributed by atoms with Gasteiger partial charge in [0.2, 0.25) is 0 Å². The second-order valence-corrected chi connectivity index (χ2v) is 6.57. The number of hydrogen-bond acceptors (Lipinski definition) is 2. The molecule has 2 rings (SSSR count). The Morgan fingerprint density at radius 2 is 2.00 bits per heavy atom. The maximum atomic E-state index is 13.9. The minimum atomic E-state index is -0.684. The van der Waals surface area contributed by atoms with Crippen molar-refractivity contribution >= 4 is 11.8 Å². The van der Waals surface area contributed by atoms with Crippen LogP contribution in [0.2, 0.25) is 0 Å². The molecule has 0 aromatic heterocycles. The van der Waals surface area contributed by atoms with Crippen molar-refractivity contribution in [3.63, 3.8) is 0 Å². The third-order valence-corrected chi connectivity index (χ3v) is 5.06. The van der Waals surface area contributed by atoms with E-state index in [2.05, 4.69) is 0 Å². The fraction of sp³-hybridized carbons (Fsp3) is 0.600. The van der Waals surface area contributed by atoms with Crippen LogP contribution in [0.3, 0.4) is 0 Å². The fourth-order valence-electron chi connectivity index (χ4n) is 2.71. The maximum Gasteiger partial charge on any atom is 0.129 e. The summed E-state index contributed by atoms with van der Waals surface area (Å²) in [5.41, 5.74) is 2.24. The largest absolute Gasteiger partial charge is 0.387 e. The molecule has 1 fully saturated rings. The molecule has 1 unspecified atom stereocenters. The lowest BCUT2D eigenvalue weighted by Crippen LogP contribution is -2.09. The first-order valence-electron chi connectivity index (χ1n) is 6.64. The van der Waals surface area contributed by atoms with Gasteiger partial charge in [-0.15, -0.1) is 0 Å². The summed E-state index contributed by atoms with van der Waals surface area (Å²) < 4.78 is 13.9. The Balaban J connectivity index is 2.01. The quantitative estimate of drug-likeness (QED) is 0.885. The third kappa shape index (κ3) is 3.27. The number of thioether (sulfide) groups is 1. The van der Waals surface area contributed by atoms with Crippen molar-refractivity contribution < 1.29 is 9.50 Å². The van der Waals surface area contributed by atoms with Crippen LogP contribution in [0.4, 0.5) is 4.39 Å². The molecule has 1 N–H and O–H groups in total. The molecule has 0 aliphatic heterocycles. The van der Waals surface area contributed by atoms with Crippen LogP contribution in [0, 0.1) is 19.7 Å². The van der Waals surface area contributed by atoms with Gasteiger partial charge in [0.1, 0.15) is 5.82 Å². The standard InChI is InChI=1S/C15H21FOS/c1-10-7-11(2)15(13(16)8-10)14(17)9-18-12-5-3-4-6-12/h7-8,12,14,17H,3-6,9H2,1-2H3. The molecule has 100 valence electrons. The van der Waals surface area contributed by atoms with Crippen molar-refractivity contribution in [2.45, 2.75) is 50.9 Å². The first-order valence-corrected chi connectivity index (χ1v) is 7.69. The molecule has 0 amide bonds. The number of aliphatic hydroxyl groups is 1. The molecule has 1 atom stereocenters. The zero-order valence-electron chi connectivity index (χ0n) is 11.1. The van der Waals surface area contributed by atoms with E-state index in [0.29, 0.717) is 16.6 Å². The summed E-state index contributed by atoms with van der Waals surface area (Å²) in [6, 6.07) is 3.44. The molecule has 0 heterocycles. The van der Waals surface area contributed by atoms with Crippen molar-refractivity contribution in [2.24, 2.45) is 0 Å². The highest BCUT2D eigenvalue weighted by atomic mass is 32.2. The molecule has 1 aliphatic rings. The van der Waals surface area contributed by atoms with Crippen LogP contribution in [-0.2, 0) is 0 Å². The van der Waals surface area contributed by atoms with E-state index >= 15 is 0 Å². The van der Waals surface area contributed by atoms with Crippen LogP contribution in [-0.4, -0.2) is 16.1 Å². The summed E-state index contributed by atoms with van der Waals surface area (Å²) in [6.45, 7) is 3.74. The smallest absolute Gasteiger partial charge is 0.129 e. The first-order chi connectivity index (χ1) is 8.58. The second kappa shape index (κ2) is 6.07. The highest BCUT2D eigenvalue weighted by Gasteiger charge is 2.20. The van der Waals surface area contributed by atoms with Crippen LogP contribution < -0.4 is 0 Å². The second-order valence-electron chi connectivity index (χ2n) is 5.23. The van der Waals surface area contributed by atoms with Gasteiger partial charge in [-0.1, -0.05) is 18.9 Å². The summed E-state index contributed by atoms with van der Waals surface area (Å²) in [4.78, 5) is 0. The predicted octanol–water partition coefficient (Wildman–Crippen LogP) is 4.15. The molecule has 18 heavy (non-hydrogen) atoms. The molecule has 1 aliphatic carbocycles. The normalized spacial score (nSPS) is 18.2. The molecule has 0 spiro atoms. The molecule has 0 saturated heterocycles. The number of halogens is 1. The number of aryl methyl sites for hydroxylation is 2. The molecule has 3 heteroatoms. The predicted molar refractivity (Wildman–Crippen MR) is 75.5 cm³/mol. The average molecular weight is 268 g/mol. The topological polar surface area (TPSA) is 20.2 Å². The van der Waals surface area contributed by atoms with E-state index in [4.69, 9.17) is 0 Å². The minimum Gasteiger partial charge on any atom is -0.387 e. The molecule has 1 saturated carbocycles. The summed E-state index contributed by atoms with van der Waals surface area (Å²) in [5, 5.41) is 10.8. The molecule has 1 nitrogen and oxygen atoms in total. The van der Waals surface area contributed by atoms with Gasteiger partial charge in [-0.3, -0.25) is 0 Å². The number of hydrogen-bond donors (Lipinski definition) is 1. The van der Waals surface area contributed by atoms with Gasteiger partial charge in [-0.2, -0.15) is 11.8 Å². The molecule has 1 aromatic carbocycles. The average Bonchev–Trinajstić information content (AvgIpc) is 2.77. The van der Waals surface area contributed by atoms with Gasteiger partial charge in [0.15, 0.2) is 0 Å². The van der Waals surface area contributed by atoms with Gasteiger partial charge in [0.25, 0.3) is 0 Å². The van der Waals surface area contributed by atoms with Crippen LogP contribution in [0.5, 0.6) is 0 Å². The Morgan fingerprint density at radius 1 is 1.33 bits per heavy atom.